The van der Waals surface area contributed by atoms with Gasteiger partial charge in [-0.1, -0.05) is 12.1 Å². The van der Waals surface area contributed by atoms with Crippen molar-refractivity contribution in [2.75, 3.05) is 11.8 Å². The molecule has 0 spiro atoms. The number of hydrogen-bond donors (Lipinski definition) is 2. The Hall–Kier alpha value is -4.33. The summed E-state index contributed by atoms with van der Waals surface area (Å²) in [6.45, 7) is 0. The summed E-state index contributed by atoms with van der Waals surface area (Å²) < 4.78 is 72.7. The molecule has 0 saturated heterocycles. The van der Waals surface area contributed by atoms with Gasteiger partial charge in [0.05, 0.1) is 16.0 Å². The fraction of sp³-hybridized carbons (Fsp3) is 0.0952. The molecule has 2 N–H and O–H groups in total. The van der Waals surface area contributed by atoms with Gasteiger partial charge in [-0.25, -0.2) is 18.1 Å². The molecule has 0 fully saturated rings. The molecule has 0 unspecified atom stereocenters. The van der Waals surface area contributed by atoms with Gasteiger partial charge in [0.15, 0.2) is 0 Å². The molecule has 10 nitrogen and oxygen atoms in total. The smallest absolute Gasteiger partial charge is 0.417 e. The zero-order chi connectivity index (χ0) is 25.2. The van der Waals surface area contributed by atoms with Gasteiger partial charge in [-0.05, 0) is 30.3 Å². The normalized spacial score (nSPS) is 11.8. The summed E-state index contributed by atoms with van der Waals surface area (Å²) >= 11 is 0. The van der Waals surface area contributed by atoms with Gasteiger partial charge in [-0.3, -0.25) is 9.78 Å². The molecule has 4 aromatic rings. The molecule has 0 aliphatic rings. The minimum Gasteiger partial charge on any atom is -0.457 e. The van der Waals surface area contributed by atoms with Crippen LogP contribution in [0.3, 0.4) is 0 Å². The molecule has 14 heteroatoms. The number of alkyl halides is 3. The number of carbonyl (C=O) groups is 1. The lowest BCUT2D eigenvalue weighted by atomic mass is 10.2. The van der Waals surface area contributed by atoms with Crippen LogP contribution in [0, 0.1) is 0 Å². The number of halogens is 3. The second-order valence-electron chi connectivity index (χ2n) is 6.94. The number of anilines is 1. The number of hydrogen-bond acceptors (Lipinski definition) is 8. The van der Waals surface area contributed by atoms with Gasteiger partial charge in [-0.15, -0.1) is 10.2 Å². The van der Waals surface area contributed by atoms with Gasteiger partial charge >= 0.3 is 6.18 Å². The molecule has 0 saturated carbocycles. The van der Waals surface area contributed by atoms with Crippen LogP contribution in [0.4, 0.5) is 19.1 Å². The van der Waals surface area contributed by atoms with Crippen molar-refractivity contribution in [3.05, 3.63) is 72.1 Å². The molecular formula is C21H15F3N6O4S. The van der Waals surface area contributed by atoms with E-state index >= 15 is 0 Å². The highest BCUT2D eigenvalue weighted by atomic mass is 32.2. The molecule has 0 bridgehead atoms. The minimum absolute atomic E-state index is 0.130. The summed E-state index contributed by atoms with van der Waals surface area (Å²) in [6, 6.07) is 11.1. The summed E-state index contributed by atoms with van der Waals surface area (Å²) in [5.74, 6) is -0.375. The Bertz CT molecular complexity index is 1530. The van der Waals surface area contributed by atoms with Crippen LogP contribution in [0.1, 0.15) is 16.1 Å². The van der Waals surface area contributed by atoms with Crippen molar-refractivity contribution >= 4 is 32.9 Å². The first kappa shape index (κ1) is 23.8. The van der Waals surface area contributed by atoms with Crippen LogP contribution in [0.15, 0.2) is 65.7 Å². The zero-order valence-electron chi connectivity index (χ0n) is 17.7. The predicted octanol–water partition coefficient (Wildman–Crippen LogP) is 3.39. The van der Waals surface area contributed by atoms with Crippen molar-refractivity contribution in [2.45, 2.75) is 11.1 Å². The fourth-order valence-corrected chi connectivity index (χ4v) is 4.16. The number of pyridine rings is 1. The van der Waals surface area contributed by atoms with E-state index < -0.39 is 38.5 Å². The molecule has 2 heterocycles. The van der Waals surface area contributed by atoms with Crippen molar-refractivity contribution in [2.24, 2.45) is 0 Å². The molecule has 0 aliphatic heterocycles. The third-order valence-corrected chi connectivity index (χ3v) is 5.95. The minimum atomic E-state index is -4.88. The lowest BCUT2D eigenvalue weighted by molar-refractivity contribution is -0.139. The monoisotopic (exact) mass is 504 g/mol. The topological polar surface area (TPSA) is 136 Å². The molecule has 180 valence electrons. The van der Waals surface area contributed by atoms with Gasteiger partial charge in [0, 0.05) is 25.4 Å². The number of rotatable bonds is 6. The van der Waals surface area contributed by atoms with E-state index in [0.717, 1.165) is 12.1 Å². The summed E-state index contributed by atoms with van der Waals surface area (Å²) in [6.07, 6.45) is -3.50. The van der Waals surface area contributed by atoms with Crippen molar-refractivity contribution in [3.63, 3.8) is 0 Å². The summed E-state index contributed by atoms with van der Waals surface area (Å²) in [5.41, 5.74) is -0.771. The Kier molecular flexibility index (Phi) is 6.22. The van der Waals surface area contributed by atoms with Gasteiger partial charge in [0.2, 0.25) is 0 Å². The molecule has 0 atom stereocenters. The SMILES string of the molecule is CNC(=O)c1cc(Oc2ccc3nnc(NS(=O)(=O)c4ccccc4C(F)(F)F)nc3c2)ccn1. The van der Waals surface area contributed by atoms with E-state index in [1.807, 2.05) is 4.72 Å². The molecule has 0 radical (unpaired) electrons. The molecule has 0 aliphatic carbocycles. The Morgan fingerprint density at radius 3 is 2.46 bits per heavy atom. The van der Waals surface area contributed by atoms with Crippen LogP contribution in [-0.2, 0) is 16.2 Å². The van der Waals surface area contributed by atoms with E-state index in [1.54, 1.807) is 6.07 Å². The summed E-state index contributed by atoms with van der Waals surface area (Å²) in [4.78, 5) is 18.7. The third kappa shape index (κ3) is 5.27. The Labute approximate surface area is 196 Å². The second-order valence-corrected chi connectivity index (χ2v) is 8.59. The van der Waals surface area contributed by atoms with Gasteiger partial charge < -0.3 is 10.1 Å². The van der Waals surface area contributed by atoms with Crippen molar-refractivity contribution in [1.82, 2.24) is 25.5 Å². The number of benzene rings is 2. The van der Waals surface area contributed by atoms with E-state index in [1.165, 1.54) is 43.6 Å². The highest BCUT2D eigenvalue weighted by molar-refractivity contribution is 7.92. The molecule has 35 heavy (non-hydrogen) atoms. The van der Waals surface area contributed by atoms with Crippen LogP contribution >= 0.6 is 0 Å². The van der Waals surface area contributed by atoms with Crippen LogP contribution in [0.2, 0.25) is 0 Å². The highest BCUT2D eigenvalue weighted by Gasteiger charge is 2.37. The van der Waals surface area contributed by atoms with E-state index in [9.17, 15) is 26.4 Å². The van der Waals surface area contributed by atoms with Gasteiger partial charge in [-0.2, -0.15) is 13.2 Å². The average molecular weight is 504 g/mol. The van der Waals surface area contributed by atoms with E-state index in [2.05, 4.69) is 25.5 Å². The number of ether oxygens (including phenoxy) is 1. The predicted molar refractivity (Wildman–Crippen MR) is 117 cm³/mol. The molecule has 1 amide bonds. The summed E-state index contributed by atoms with van der Waals surface area (Å²) in [5, 5.41) is 9.93. The first-order chi connectivity index (χ1) is 16.6. The van der Waals surface area contributed by atoms with Crippen LogP contribution in [0.25, 0.3) is 11.0 Å². The highest BCUT2D eigenvalue weighted by Crippen LogP contribution is 2.34. The van der Waals surface area contributed by atoms with E-state index in [-0.39, 0.29) is 22.5 Å². The standard InChI is InChI=1S/C21H15F3N6O4S/c1-25-19(31)17-11-13(8-9-26-17)34-12-6-7-15-16(10-12)27-20(29-28-15)30-35(32,33)18-5-3-2-4-14(18)21(22,23)24/h2-11H,1H3,(H,25,31)(H,27,29,30). The Morgan fingerprint density at radius 1 is 0.971 bits per heavy atom. The van der Waals surface area contributed by atoms with Crippen LogP contribution in [0.5, 0.6) is 11.5 Å². The van der Waals surface area contributed by atoms with Crippen molar-refractivity contribution < 1.29 is 31.1 Å². The maximum absolute atomic E-state index is 13.3. The van der Waals surface area contributed by atoms with Crippen molar-refractivity contribution in [3.8, 4) is 11.5 Å². The second kappa shape index (κ2) is 9.13. The Morgan fingerprint density at radius 2 is 1.71 bits per heavy atom. The van der Waals surface area contributed by atoms with E-state index in [4.69, 9.17) is 4.74 Å². The lowest BCUT2D eigenvalue weighted by Gasteiger charge is -2.13. The number of amides is 1. The largest absolute Gasteiger partial charge is 0.457 e. The number of aromatic nitrogens is 4. The quantitative estimate of drug-likeness (QED) is 0.408. The first-order valence-electron chi connectivity index (χ1n) is 9.76. The van der Waals surface area contributed by atoms with Crippen LogP contribution < -0.4 is 14.8 Å². The number of nitrogens with one attached hydrogen (secondary N) is 2. The number of sulfonamides is 1. The molecule has 4 rings (SSSR count). The van der Waals surface area contributed by atoms with Gasteiger partial charge in [0.25, 0.3) is 21.9 Å². The first-order valence-corrected chi connectivity index (χ1v) is 11.2. The number of fused-ring (bicyclic) bond motifs is 1. The van der Waals surface area contributed by atoms with Crippen LogP contribution in [-0.4, -0.2) is 41.5 Å². The fourth-order valence-electron chi connectivity index (χ4n) is 3.00. The molecule has 2 aromatic carbocycles. The van der Waals surface area contributed by atoms with E-state index in [0.29, 0.717) is 11.8 Å². The molecular weight excluding hydrogens is 489 g/mol. The maximum Gasteiger partial charge on any atom is 0.417 e. The Balaban J connectivity index is 1.63. The maximum atomic E-state index is 13.3. The zero-order valence-corrected chi connectivity index (χ0v) is 18.6. The van der Waals surface area contributed by atoms with Gasteiger partial charge in [0.1, 0.15) is 22.7 Å². The molecule has 2 aromatic heterocycles. The van der Waals surface area contributed by atoms with Crippen molar-refractivity contribution in [1.29, 1.82) is 0 Å². The lowest BCUT2D eigenvalue weighted by Crippen LogP contribution is -2.20. The summed E-state index contributed by atoms with van der Waals surface area (Å²) in [7, 11) is -3.22. The number of nitrogens with zero attached hydrogens (tertiary/aromatic N) is 4. The third-order valence-electron chi connectivity index (χ3n) is 4.56. The number of carbonyl (C=O) groups excluding carboxylic acids is 1. The average Bonchev–Trinajstić information content (AvgIpc) is 2.83.